The number of carboxylic acids is 1. The van der Waals surface area contributed by atoms with E-state index in [1.54, 1.807) is 58.9 Å². The normalized spacial score (nSPS) is 14.0. The lowest BCUT2D eigenvalue weighted by molar-refractivity contribution is -0.142. The van der Waals surface area contributed by atoms with Crippen LogP contribution in [0.2, 0.25) is 0 Å². The number of nitrogens with one attached hydrogen (secondary N) is 2. The maximum Gasteiger partial charge on any atom is 0.313 e. The van der Waals surface area contributed by atoms with Crippen LogP contribution in [0.3, 0.4) is 0 Å². The van der Waals surface area contributed by atoms with Crippen LogP contribution in [0.5, 0.6) is 0 Å². The van der Waals surface area contributed by atoms with Gasteiger partial charge in [0, 0.05) is 5.69 Å². The lowest BCUT2D eigenvalue weighted by Gasteiger charge is -2.29. The Balaban J connectivity index is 3.00. The van der Waals surface area contributed by atoms with Gasteiger partial charge in [-0.2, -0.15) is 0 Å². The van der Waals surface area contributed by atoms with E-state index in [2.05, 4.69) is 10.0 Å². The molecule has 1 unspecified atom stereocenters. The Morgan fingerprint density at radius 1 is 1.04 bits per heavy atom. The predicted octanol–water partition coefficient (Wildman–Crippen LogP) is 1.95. The molecule has 8 heteroatoms. The number of aliphatic carboxylic acids is 1. The summed E-state index contributed by atoms with van der Waals surface area (Å²) >= 11 is 0. The number of amides is 1. The molecule has 0 saturated carbocycles. The zero-order chi connectivity index (χ0) is 19.6. The molecular weight excluding hydrogens is 344 g/mol. The molecule has 1 amide bonds. The van der Waals surface area contributed by atoms with Crippen molar-refractivity contribution in [3.05, 3.63) is 29.8 Å². The number of carboxylic acid groups (broad SMARTS) is 1. The Kier molecular flexibility index (Phi) is 6.02. The van der Waals surface area contributed by atoms with Crippen LogP contribution in [0.4, 0.5) is 5.69 Å². The van der Waals surface area contributed by atoms with Gasteiger partial charge in [-0.1, -0.05) is 32.9 Å². The Hall–Kier alpha value is -1.93. The topological polar surface area (TPSA) is 113 Å². The molecule has 0 saturated heterocycles. The van der Waals surface area contributed by atoms with E-state index < -0.39 is 38.8 Å². The summed E-state index contributed by atoms with van der Waals surface area (Å²) < 4.78 is 25.4. The highest BCUT2D eigenvalue weighted by Crippen LogP contribution is 2.26. The van der Waals surface area contributed by atoms with Gasteiger partial charge in [0.2, 0.25) is 15.9 Å². The highest BCUT2D eigenvalue weighted by atomic mass is 32.2. The van der Waals surface area contributed by atoms with Crippen LogP contribution in [0.1, 0.15) is 40.2 Å². The van der Waals surface area contributed by atoms with Gasteiger partial charge in [-0.25, -0.2) is 13.1 Å². The van der Waals surface area contributed by atoms with E-state index in [0.717, 1.165) is 6.26 Å². The quantitative estimate of drug-likeness (QED) is 0.708. The van der Waals surface area contributed by atoms with E-state index in [1.807, 2.05) is 0 Å². The minimum atomic E-state index is -3.56. The Morgan fingerprint density at radius 2 is 1.52 bits per heavy atom. The number of carbonyl (C=O) groups is 2. The van der Waals surface area contributed by atoms with Crippen molar-refractivity contribution in [3.8, 4) is 0 Å². The van der Waals surface area contributed by atoms with E-state index in [9.17, 15) is 23.1 Å². The SMILES string of the molecule is CC(C)(C(=O)O)c1ccc(NC(=O)C(NS(C)(=O)=O)C(C)(C)C)cc1. The number of carbonyl (C=O) groups excluding carboxylic acids is 1. The molecule has 1 atom stereocenters. The van der Waals surface area contributed by atoms with Gasteiger partial charge < -0.3 is 10.4 Å². The third kappa shape index (κ3) is 5.82. The van der Waals surface area contributed by atoms with Crippen molar-refractivity contribution >= 4 is 27.6 Å². The van der Waals surface area contributed by atoms with E-state index in [0.29, 0.717) is 11.3 Å². The molecule has 7 nitrogen and oxygen atoms in total. The summed E-state index contributed by atoms with van der Waals surface area (Å²) in [6, 6.07) is 5.49. The lowest BCUT2D eigenvalue weighted by atomic mass is 9.84. The Bertz CT molecular complexity index is 746. The van der Waals surface area contributed by atoms with Crippen molar-refractivity contribution in [2.45, 2.75) is 46.1 Å². The molecule has 0 aliphatic rings. The lowest BCUT2D eigenvalue weighted by Crippen LogP contribution is -2.51. The first-order chi connectivity index (χ1) is 11.1. The number of anilines is 1. The summed E-state index contributed by atoms with van der Waals surface area (Å²) in [6.07, 6.45) is 1.00. The largest absolute Gasteiger partial charge is 0.481 e. The summed E-state index contributed by atoms with van der Waals surface area (Å²) in [4.78, 5) is 23.8. The second-order valence-electron chi connectivity index (χ2n) is 7.69. The predicted molar refractivity (Wildman–Crippen MR) is 97.0 cm³/mol. The van der Waals surface area contributed by atoms with Crippen molar-refractivity contribution in [2.75, 3.05) is 11.6 Å². The zero-order valence-electron chi connectivity index (χ0n) is 15.4. The summed E-state index contributed by atoms with van der Waals surface area (Å²) in [6.45, 7) is 8.46. The first-order valence-corrected chi connectivity index (χ1v) is 9.66. The molecule has 140 valence electrons. The van der Waals surface area contributed by atoms with E-state index in [-0.39, 0.29) is 0 Å². The van der Waals surface area contributed by atoms with E-state index in [4.69, 9.17) is 0 Å². The van der Waals surface area contributed by atoms with E-state index >= 15 is 0 Å². The van der Waals surface area contributed by atoms with Gasteiger partial charge >= 0.3 is 5.97 Å². The molecule has 0 aliphatic heterocycles. The van der Waals surface area contributed by atoms with Crippen LogP contribution >= 0.6 is 0 Å². The number of sulfonamides is 1. The van der Waals surface area contributed by atoms with Gasteiger partial charge in [-0.15, -0.1) is 0 Å². The van der Waals surface area contributed by atoms with E-state index in [1.165, 1.54) is 0 Å². The second-order valence-corrected chi connectivity index (χ2v) is 9.47. The number of hydrogen-bond donors (Lipinski definition) is 3. The van der Waals surface area contributed by atoms with Gasteiger partial charge in [0.05, 0.1) is 11.7 Å². The first-order valence-electron chi connectivity index (χ1n) is 7.76. The van der Waals surface area contributed by atoms with Crippen LogP contribution in [0.25, 0.3) is 0 Å². The molecule has 0 aromatic heterocycles. The highest BCUT2D eigenvalue weighted by molar-refractivity contribution is 7.88. The van der Waals surface area contributed by atoms with Gasteiger partial charge in [0.25, 0.3) is 0 Å². The highest BCUT2D eigenvalue weighted by Gasteiger charge is 2.34. The third-order valence-corrected chi connectivity index (χ3v) is 4.53. The molecule has 0 aliphatic carbocycles. The van der Waals surface area contributed by atoms with Crippen LogP contribution in [0, 0.1) is 5.41 Å². The molecule has 3 N–H and O–H groups in total. The molecule has 25 heavy (non-hydrogen) atoms. The molecule has 0 radical (unpaired) electrons. The monoisotopic (exact) mass is 370 g/mol. The van der Waals surface area contributed by atoms with Crippen LogP contribution in [-0.2, 0) is 25.0 Å². The summed E-state index contributed by atoms with van der Waals surface area (Å²) in [5, 5.41) is 11.9. The molecule has 1 aromatic rings. The maximum absolute atomic E-state index is 12.5. The zero-order valence-corrected chi connectivity index (χ0v) is 16.2. The summed E-state index contributed by atoms with van der Waals surface area (Å²) in [7, 11) is -3.56. The average Bonchev–Trinajstić information content (AvgIpc) is 2.43. The summed E-state index contributed by atoms with van der Waals surface area (Å²) in [5.74, 6) is -1.43. The Morgan fingerprint density at radius 3 is 1.88 bits per heavy atom. The standard InChI is InChI=1S/C17H26N2O5S/c1-16(2,3)13(19-25(6,23)24)14(20)18-12-9-7-11(8-10-12)17(4,5)15(21)22/h7-10,13,19H,1-6H3,(H,18,20)(H,21,22). The van der Waals surface area contributed by atoms with Gasteiger partial charge in [0.1, 0.15) is 6.04 Å². The van der Waals surface area contributed by atoms with Crippen molar-refractivity contribution in [2.24, 2.45) is 5.41 Å². The second kappa shape index (κ2) is 7.13. The fourth-order valence-corrected chi connectivity index (χ4v) is 3.03. The average molecular weight is 370 g/mol. The van der Waals surface area contributed by atoms with Crippen molar-refractivity contribution in [1.29, 1.82) is 0 Å². The number of hydrogen-bond acceptors (Lipinski definition) is 4. The fourth-order valence-electron chi connectivity index (χ4n) is 2.15. The van der Waals surface area contributed by atoms with Crippen LogP contribution in [0.15, 0.2) is 24.3 Å². The molecule has 0 spiro atoms. The van der Waals surface area contributed by atoms with Crippen molar-refractivity contribution in [1.82, 2.24) is 4.72 Å². The molecule has 0 heterocycles. The molecular formula is C17H26N2O5S. The number of benzene rings is 1. The van der Waals surface area contributed by atoms with Crippen molar-refractivity contribution in [3.63, 3.8) is 0 Å². The van der Waals surface area contributed by atoms with Gasteiger partial charge in [-0.3, -0.25) is 9.59 Å². The molecule has 0 fully saturated rings. The van der Waals surface area contributed by atoms with Gasteiger partial charge in [0.15, 0.2) is 0 Å². The molecule has 1 rings (SSSR count). The Labute approximate surface area is 148 Å². The van der Waals surface area contributed by atoms with Gasteiger partial charge in [-0.05, 0) is 37.0 Å². The first kappa shape index (κ1) is 21.1. The third-order valence-electron chi connectivity index (χ3n) is 3.87. The maximum atomic E-state index is 12.5. The smallest absolute Gasteiger partial charge is 0.313 e. The fraction of sp³-hybridized carbons (Fsp3) is 0.529. The van der Waals surface area contributed by atoms with Crippen LogP contribution < -0.4 is 10.0 Å². The molecule has 0 bridgehead atoms. The summed E-state index contributed by atoms with van der Waals surface area (Å²) in [5.41, 5.74) is -0.619. The van der Waals surface area contributed by atoms with Crippen LogP contribution in [-0.4, -0.2) is 37.7 Å². The molecule has 1 aromatic carbocycles. The minimum Gasteiger partial charge on any atom is -0.481 e. The minimum absolute atomic E-state index is 0.458. The number of rotatable bonds is 6. The van der Waals surface area contributed by atoms with Crippen molar-refractivity contribution < 1.29 is 23.1 Å².